The summed E-state index contributed by atoms with van der Waals surface area (Å²) >= 11 is 0. The molecular formula is C28H25FN6O3. The number of nitrogens with zero attached hydrogens (tertiary/aromatic N) is 5. The Morgan fingerprint density at radius 1 is 1.03 bits per heavy atom. The highest BCUT2D eigenvalue weighted by Crippen LogP contribution is 2.39. The first-order valence-corrected chi connectivity index (χ1v) is 12.2. The van der Waals surface area contributed by atoms with Gasteiger partial charge in [-0.1, -0.05) is 0 Å². The summed E-state index contributed by atoms with van der Waals surface area (Å²) in [6.07, 6.45) is 7.89. The second-order valence-electron chi connectivity index (χ2n) is 9.35. The van der Waals surface area contributed by atoms with Crippen LogP contribution in [0.4, 0.5) is 10.2 Å². The Morgan fingerprint density at radius 2 is 1.76 bits per heavy atom. The molecule has 192 valence electrons. The summed E-state index contributed by atoms with van der Waals surface area (Å²) < 4.78 is 27.9. The molecular weight excluding hydrogens is 487 g/mol. The number of aryl methyl sites for hydroxylation is 1. The van der Waals surface area contributed by atoms with Crippen molar-refractivity contribution in [3.8, 4) is 28.5 Å². The number of imidazole rings is 1. The lowest BCUT2D eigenvalue weighted by molar-refractivity contribution is 0.0715. The van der Waals surface area contributed by atoms with Crippen LogP contribution in [0.15, 0.2) is 67.3 Å². The van der Waals surface area contributed by atoms with Crippen LogP contribution in [0.25, 0.3) is 16.8 Å². The number of anilines is 1. The molecule has 10 heteroatoms. The molecule has 38 heavy (non-hydrogen) atoms. The molecule has 0 bridgehead atoms. The Balaban J connectivity index is 1.22. The Bertz CT molecular complexity index is 1600. The molecule has 0 saturated heterocycles. The number of hydrogen-bond acceptors (Lipinski definition) is 8. The van der Waals surface area contributed by atoms with Crippen LogP contribution in [0, 0.1) is 12.7 Å². The molecule has 1 saturated carbocycles. The Morgan fingerprint density at radius 3 is 2.50 bits per heavy atom. The third kappa shape index (κ3) is 4.73. The van der Waals surface area contributed by atoms with Crippen LogP contribution in [0.1, 0.15) is 36.0 Å². The van der Waals surface area contributed by atoms with Crippen LogP contribution in [-0.2, 0) is 6.61 Å². The van der Waals surface area contributed by atoms with E-state index < -0.39 is 5.82 Å². The van der Waals surface area contributed by atoms with Gasteiger partial charge in [-0.15, -0.1) is 0 Å². The highest BCUT2D eigenvalue weighted by molar-refractivity contribution is 5.85. The maximum absolute atomic E-state index is 14.3. The molecule has 1 aliphatic rings. The normalized spacial score (nSPS) is 16.8. The topological polar surface area (TPSA) is 121 Å². The summed E-state index contributed by atoms with van der Waals surface area (Å²) in [4.78, 5) is 17.4. The quantitative estimate of drug-likeness (QED) is 0.318. The van der Waals surface area contributed by atoms with Crippen molar-refractivity contribution >= 4 is 11.3 Å². The largest absolute Gasteiger partial charge is 0.489 e. The SMILES string of the molecule is Cc1ncc(COc2cc(F)cc(Oc3ccc(-c4nc([C@H]5C[C@@H](O)C5)n5ccnc(N)c45)cc3)c2)cn1. The number of rotatable bonds is 7. The fourth-order valence-corrected chi connectivity index (χ4v) is 4.53. The van der Waals surface area contributed by atoms with Crippen LogP contribution in [-0.4, -0.2) is 35.5 Å². The molecule has 0 spiro atoms. The molecule has 1 aliphatic carbocycles. The second kappa shape index (κ2) is 9.71. The van der Waals surface area contributed by atoms with Crippen LogP contribution in [0.5, 0.6) is 17.2 Å². The standard InChI is InChI=1S/C28H25FN6O3/c1-16-32-13-17(14-33-16)15-37-23-10-20(29)11-24(12-23)38-22-4-2-18(3-5-22)25-26-27(30)31-6-7-35(26)28(34-25)19-8-21(36)9-19/h2-7,10-14,19,21,36H,8-9,15H2,1H3,(H2,30,31)/t19-,21+. The fraction of sp³-hybridized carbons (Fsp3) is 0.214. The number of aliphatic hydroxyl groups excluding tert-OH is 1. The molecule has 6 rings (SSSR count). The maximum atomic E-state index is 14.3. The van der Waals surface area contributed by atoms with E-state index in [4.69, 9.17) is 20.2 Å². The van der Waals surface area contributed by atoms with Gasteiger partial charge in [-0.25, -0.2) is 24.3 Å². The highest BCUT2D eigenvalue weighted by Gasteiger charge is 2.33. The van der Waals surface area contributed by atoms with Crippen LogP contribution < -0.4 is 15.2 Å². The van der Waals surface area contributed by atoms with Gasteiger partial charge >= 0.3 is 0 Å². The van der Waals surface area contributed by atoms with Gasteiger partial charge in [0.05, 0.1) is 6.10 Å². The predicted octanol–water partition coefficient (Wildman–Crippen LogP) is 4.83. The van der Waals surface area contributed by atoms with Crippen molar-refractivity contribution in [2.75, 3.05) is 5.73 Å². The van der Waals surface area contributed by atoms with Gasteiger partial charge in [0.25, 0.3) is 0 Å². The Kier molecular flexibility index (Phi) is 6.09. The van der Waals surface area contributed by atoms with Crippen molar-refractivity contribution in [3.63, 3.8) is 0 Å². The molecule has 5 aromatic rings. The number of ether oxygens (including phenoxy) is 2. The van der Waals surface area contributed by atoms with Crippen molar-refractivity contribution in [3.05, 3.63) is 90.3 Å². The summed E-state index contributed by atoms with van der Waals surface area (Å²) in [7, 11) is 0. The van der Waals surface area contributed by atoms with Crippen molar-refractivity contribution in [2.45, 2.75) is 38.4 Å². The zero-order valence-corrected chi connectivity index (χ0v) is 20.6. The van der Waals surface area contributed by atoms with Gasteiger partial charge in [0.15, 0.2) is 0 Å². The van der Waals surface area contributed by atoms with Gasteiger partial charge in [0.2, 0.25) is 0 Å². The average Bonchev–Trinajstić information content (AvgIpc) is 3.27. The minimum atomic E-state index is -0.477. The van der Waals surface area contributed by atoms with Gasteiger partial charge < -0.3 is 20.3 Å². The summed E-state index contributed by atoms with van der Waals surface area (Å²) in [5, 5.41) is 9.78. The van der Waals surface area contributed by atoms with E-state index in [1.54, 1.807) is 43.7 Å². The van der Waals surface area contributed by atoms with Gasteiger partial charge in [-0.05, 0) is 44.0 Å². The number of nitrogen functional groups attached to an aromatic ring is 1. The molecule has 3 heterocycles. The summed E-state index contributed by atoms with van der Waals surface area (Å²) in [5.41, 5.74) is 9.27. The molecule has 0 unspecified atom stereocenters. The van der Waals surface area contributed by atoms with E-state index in [1.165, 1.54) is 12.1 Å². The van der Waals surface area contributed by atoms with E-state index in [1.807, 2.05) is 22.7 Å². The minimum Gasteiger partial charge on any atom is -0.489 e. The molecule has 3 N–H and O–H groups in total. The lowest BCUT2D eigenvalue weighted by atomic mass is 9.82. The van der Waals surface area contributed by atoms with Gasteiger partial charge in [-0.2, -0.15) is 0 Å². The number of halogens is 1. The van der Waals surface area contributed by atoms with E-state index >= 15 is 0 Å². The summed E-state index contributed by atoms with van der Waals surface area (Å²) in [6.45, 7) is 2.01. The zero-order valence-electron chi connectivity index (χ0n) is 20.6. The Hall–Kier alpha value is -4.57. The smallest absolute Gasteiger partial charge is 0.150 e. The van der Waals surface area contributed by atoms with Crippen LogP contribution in [0.2, 0.25) is 0 Å². The second-order valence-corrected chi connectivity index (χ2v) is 9.35. The number of aromatic nitrogens is 5. The lowest BCUT2D eigenvalue weighted by Gasteiger charge is -2.30. The zero-order chi connectivity index (χ0) is 26.2. The van der Waals surface area contributed by atoms with Gasteiger partial charge in [0, 0.05) is 60.0 Å². The number of fused-ring (bicyclic) bond motifs is 1. The fourth-order valence-electron chi connectivity index (χ4n) is 4.53. The molecule has 0 aliphatic heterocycles. The third-order valence-corrected chi connectivity index (χ3v) is 6.54. The van der Waals surface area contributed by atoms with E-state index in [0.29, 0.717) is 47.4 Å². The molecule has 2 aromatic carbocycles. The molecule has 1 fully saturated rings. The maximum Gasteiger partial charge on any atom is 0.150 e. The molecule has 0 atom stereocenters. The van der Waals surface area contributed by atoms with Crippen molar-refractivity contribution in [2.24, 2.45) is 0 Å². The molecule has 0 radical (unpaired) electrons. The van der Waals surface area contributed by atoms with E-state index in [2.05, 4.69) is 15.0 Å². The minimum absolute atomic E-state index is 0.165. The lowest BCUT2D eigenvalue weighted by Crippen LogP contribution is -2.27. The number of aliphatic hydroxyl groups is 1. The van der Waals surface area contributed by atoms with Gasteiger partial charge in [0.1, 0.15) is 58.3 Å². The molecule has 9 nitrogen and oxygen atoms in total. The number of hydrogen-bond donors (Lipinski definition) is 2. The van der Waals surface area contributed by atoms with Crippen molar-refractivity contribution in [1.29, 1.82) is 0 Å². The molecule has 3 aromatic heterocycles. The first-order chi connectivity index (χ1) is 18.4. The van der Waals surface area contributed by atoms with Crippen LogP contribution >= 0.6 is 0 Å². The van der Waals surface area contributed by atoms with Crippen LogP contribution in [0.3, 0.4) is 0 Å². The number of nitrogens with two attached hydrogens (primary N) is 1. The number of benzene rings is 2. The third-order valence-electron chi connectivity index (χ3n) is 6.54. The van der Waals surface area contributed by atoms with E-state index in [-0.39, 0.29) is 18.6 Å². The first kappa shape index (κ1) is 23.8. The molecule has 0 amide bonds. The average molecular weight is 513 g/mol. The van der Waals surface area contributed by atoms with Crippen molar-refractivity contribution < 1.29 is 19.0 Å². The summed E-state index contributed by atoms with van der Waals surface area (Å²) in [6, 6.07) is 11.5. The van der Waals surface area contributed by atoms with E-state index in [9.17, 15) is 9.50 Å². The van der Waals surface area contributed by atoms with E-state index in [0.717, 1.165) is 22.5 Å². The monoisotopic (exact) mass is 512 g/mol. The predicted molar refractivity (Wildman–Crippen MR) is 138 cm³/mol. The highest BCUT2D eigenvalue weighted by atomic mass is 19.1. The van der Waals surface area contributed by atoms with Crippen molar-refractivity contribution in [1.82, 2.24) is 24.3 Å². The van der Waals surface area contributed by atoms with Gasteiger partial charge in [-0.3, -0.25) is 4.40 Å². The Labute approximate surface area is 217 Å². The first-order valence-electron chi connectivity index (χ1n) is 12.2. The summed E-state index contributed by atoms with van der Waals surface area (Å²) in [5.74, 6) is 2.76.